The first-order valence-electron chi connectivity index (χ1n) is 9.25. The van der Waals surface area contributed by atoms with Crippen LogP contribution in [-0.2, 0) is 6.42 Å². The van der Waals surface area contributed by atoms with E-state index in [0.29, 0.717) is 35.3 Å². The summed E-state index contributed by atoms with van der Waals surface area (Å²) in [6.45, 7) is 0. The van der Waals surface area contributed by atoms with Crippen molar-refractivity contribution in [3.05, 3.63) is 84.5 Å². The van der Waals surface area contributed by atoms with Gasteiger partial charge in [-0.1, -0.05) is 35.5 Å². The van der Waals surface area contributed by atoms with Gasteiger partial charge in [0.25, 0.3) is 0 Å². The summed E-state index contributed by atoms with van der Waals surface area (Å²) in [5.74, 6) is 1.52. The highest BCUT2D eigenvalue weighted by molar-refractivity contribution is 6.01. The highest BCUT2D eigenvalue weighted by atomic mass is 16.5. The number of benzene rings is 2. The Morgan fingerprint density at radius 3 is 2.47 bits per heavy atom. The van der Waals surface area contributed by atoms with Gasteiger partial charge < -0.3 is 19.9 Å². The number of rotatable bonds is 6. The molecule has 0 bridgehead atoms. The molecule has 2 aromatic carbocycles. The standard InChI is InChI=1S/C22H19N5O3/c1-29-19-9-5-4-8-18(19)25-22(28)24-17-7-3-2-6-16(17)14-20-26-21(27-30-20)15-10-12-23-13-11-15/h2-13H,14H2,1H3,(H2,24,25,28). The molecule has 0 atom stereocenters. The number of aromatic nitrogens is 3. The molecule has 8 heteroatoms. The molecule has 0 unspecified atom stereocenters. The summed E-state index contributed by atoms with van der Waals surface area (Å²) in [5.41, 5.74) is 2.89. The second-order valence-corrected chi connectivity index (χ2v) is 6.36. The maximum Gasteiger partial charge on any atom is 0.323 e. The van der Waals surface area contributed by atoms with E-state index in [4.69, 9.17) is 9.26 Å². The van der Waals surface area contributed by atoms with E-state index >= 15 is 0 Å². The molecule has 0 spiro atoms. The van der Waals surface area contributed by atoms with Crippen LogP contribution in [0.4, 0.5) is 16.2 Å². The van der Waals surface area contributed by atoms with Crippen LogP contribution in [0.15, 0.2) is 77.6 Å². The molecule has 0 saturated heterocycles. The summed E-state index contributed by atoms with van der Waals surface area (Å²) >= 11 is 0. The number of hydrogen-bond donors (Lipinski definition) is 2. The van der Waals surface area contributed by atoms with Crippen LogP contribution >= 0.6 is 0 Å². The molecule has 2 aromatic heterocycles. The Hall–Kier alpha value is -4.20. The maximum absolute atomic E-state index is 12.5. The number of anilines is 2. The lowest BCUT2D eigenvalue weighted by Crippen LogP contribution is -2.20. The van der Waals surface area contributed by atoms with Gasteiger partial charge in [-0.2, -0.15) is 4.98 Å². The third-order valence-electron chi connectivity index (χ3n) is 4.37. The van der Waals surface area contributed by atoms with E-state index < -0.39 is 0 Å². The van der Waals surface area contributed by atoms with E-state index in [0.717, 1.165) is 11.1 Å². The third-order valence-corrected chi connectivity index (χ3v) is 4.37. The van der Waals surface area contributed by atoms with E-state index in [-0.39, 0.29) is 6.03 Å². The molecule has 4 aromatic rings. The minimum absolute atomic E-state index is 0.378. The van der Waals surface area contributed by atoms with Gasteiger partial charge in [0.15, 0.2) is 0 Å². The monoisotopic (exact) mass is 401 g/mol. The normalized spacial score (nSPS) is 10.4. The van der Waals surface area contributed by atoms with Gasteiger partial charge in [-0.15, -0.1) is 0 Å². The van der Waals surface area contributed by atoms with Gasteiger partial charge in [-0.05, 0) is 35.9 Å². The fraction of sp³-hybridized carbons (Fsp3) is 0.0909. The first-order valence-corrected chi connectivity index (χ1v) is 9.25. The van der Waals surface area contributed by atoms with Crippen molar-refractivity contribution in [1.29, 1.82) is 0 Å². The van der Waals surface area contributed by atoms with Gasteiger partial charge in [0.2, 0.25) is 11.7 Å². The molecule has 150 valence electrons. The third kappa shape index (κ3) is 4.44. The summed E-state index contributed by atoms with van der Waals surface area (Å²) in [7, 11) is 1.55. The first kappa shape index (κ1) is 19.1. The lowest BCUT2D eigenvalue weighted by molar-refractivity contribution is 0.262. The predicted molar refractivity (Wildman–Crippen MR) is 112 cm³/mol. The Labute approximate surface area is 172 Å². The topological polar surface area (TPSA) is 102 Å². The fourth-order valence-corrected chi connectivity index (χ4v) is 2.93. The largest absolute Gasteiger partial charge is 0.495 e. The van der Waals surface area contributed by atoms with Gasteiger partial charge in [-0.3, -0.25) is 4.98 Å². The van der Waals surface area contributed by atoms with Gasteiger partial charge >= 0.3 is 6.03 Å². The van der Waals surface area contributed by atoms with Gasteiger partial charge in [0, 0.05) is 23.6 Å². The van der Waals surface area contributed by atoms with Gasteiger partial charge in [0.05, 0.1) is 19.2 Å². The molecule has 0 fully saturated rings. The molecule has 0 saturated carbocycles. The highest BCUT2D eigenvalue weighted by Gasteiger charge is 2.13. The van der Waals surface area contributed by atoms with Crippen LogP contribution in [0.2, 0.25) is 0 Å². The molecule has 4 rings (SSSR count). The Morgan fingerprint density at radius 1 is 0.967 bits per heavy atom. The van der Waals surface area contributed by atoms with E-state index in [2.05, 4.69) is 25.8 Å². The Kier molecular flexibility index (Phi) is 5.66. The average molecular weight is 401 g/mol. The van der Waals surface area contributed by atoms with E-state index in [1.165, 1.54) is 0 Å². The lowest BCUT2D eigenvalue weighted by Gasteiger charge is -2.13. The SMILES string of the molecule is COc1ccccc1NC(=O)Nc1ccccc1Cc1nc(-c2ccncc2)no1. The van der Waals surface area contributed by atoms with Crippen molar-refractivity contribution in [1.82, 2.24) is 15.1 Å². The highest BCUT2D eigenvalue weighted by Crippen LogP contribution is 2.24. The number of ether oxygens (including phenoxy) is 1. The van der Waals surface area contributed by atoms with Gasteiger partial charge in [0.1, 0.15) is 5.75 Å². The quantitative estimate of drug-likeness (QED) is 0.497. The zero-order chi connectivity index (χ0) is 20.8. The second kappa shape index (κ2) is 8.87. The number of pyridine rings is 1. The van der Waals surface area contributed by atoms with Crippen LogP contribution in [0.3, 0.4) is 0 Å². The number of methoxy groups -OCH3 is 1. The van der Waals surface area contributed by atoms with E-state index in [1.807, 2.05) is 48.5 Å². The van der Waals surface area contributed by atoms with Crippen LogP contribution in [0.5, 0.6) is 5.75 Å². The summed E-state index contributed by atoms with van der Waals surface area (Å²) in [4.78, 5) is 20.9. The second-order valence-electron chi connectivity index (χ2n) is 6.36. The molecular weight excluding hydrogens is 382 g/mol. The molecule has 2 N–H and O–H groups in total. The minimum atomic E-state index is -0.380. The number of hydrogen-bond acceptors (Lipinski definition) is 6. The maximum atomic E-state index is 12.5. The van der Waals surface area contributed by atoms with Crippen molar-refractivity contribution in [2.24, 2.45) is 0 Å². The van der Waals surface area contributed by atoms with Crippen LogP contribution in [0.1, 0.15) is 11.5 Å². The van der Waals surface area contributed by atoms with Crippen LogP contribution in [0, 0.1) is 0 Å². The number of nitrogens with one attached hydrogen (secondary N) is 2. The van der Waals surface area contributed by atoms with Crippen molar-refractivity contribution in [3.8, 4) is 17.1 Å². The Balaban J connectivity index is 1.48. The number of carbonyl (C=O) groups excluding carboxylic acids is 1. The Bertz CT molecular complexity index is 1140. The smallest absolute Gasteiger partial charge is 0.323 e. The van der Waals surface area contributed by atoms with Crippen molar-refractivity contribution in [2.45, 2.75) is 6.42 Å². The first-order chi connectivity index (χ1) is 14.7. The molecular formula is C22H19N5O3. The Morgan fingerprint density at radius 2 is 1.67 bits per heavy atom. The van der Waals surface area contributed by atoms with Crippen LogP contribution in [-0.4, -0.2) is 28.3 Å². The fourth-order valence-electron chi connectivity index (χ4n) is 2.93. The molecule has 8 nitrogen and oxygen atoms in total. The summed E-state index contributed by atoms with van der Waals surface area (Å²) in [5, 5.41) is 9.68. The molecule has 0 aliphatic carbocycles. The number of para-hydroxylation sites is 3. The molecule has 30 heavy (non-hydrogen) atoms. The molecule has 2 amide bonds. The summed E-state index contributed by atoms with van der Waals surface area (Å²) in [6, 6.07) is 17.9. The van der Waals surface area contributed by atoms with Crippen molar-refractivity contribution < 1.29 is 14.1 Å². The predicted octanol–water partition coefficient (Wildman–Crippen LogP) is 4.38. The molecule has 0 radical (unpaired) electrons. The van der Waals surface area contributed by atoms with Crippen LogP contribution in [0.25, 0.3) is 11.4 Å². The van der Waals surface area contributed by atoms with Crippen molar-refractivity contribution >= 4 is 17.4 Å². The van der Waals surface area contributed by atoms with Crippen molar-refractivity contribution in [3.63, 3.8) is 0 Å². The zero-order valence-corrected chi connectivity index (χ0v) is 16.2. The average Bonchev–Trinajstić information content (AvgIpc) is 3.25. The number of urea groups is 1. The number of amides is 2. The lowest BCUT2D eigenvalue weighted by atomic mass is 10.1. The number of carbonyl (C=O) groups is 1. The molecule has 0 aliphatic heterocycles. The van der Waals surface area contributed by atoms with Crippen molar-refractivity contribution in [2.75, 3.05) is 17.7 Å². The van der Waals surface area contributed by atoms with Gasteiger partial charge in [-0.25, -0.2) is 4.79 Å². The van der Waals surface area contributed by atoms with Crippen LogP contribution < -0.4 is 15.4 Å². The zero-order valence-electron chi connectivity index (χ0n) is 16.2. The minimum Gasteiger partial charge on any atom is -0.495 e. The summed E-state index contributed by atoms with van der Waals surface area (Å²) < 4.78 is 10.6. The number of nitrogens with zero attached hydrogens (tertiary/aromatic N) is 3. The summed E-state index contributed by atoms with van der Waals surface area (Å²) in [6.07, 6.45) is 3.72. The molecule has 0 aliphatic rings. The van der Waals surface area contributed by atoms with E-state index in [9.17, 15) is 4.79 Å². The van der Waals surface area contributed by atoms with E-state index in [1.54, 1.807) is 31.6 Å². The molecule has 2 heterocycles.